The molecule has 1 aliphatic rings. The number of hydrogen-bond donors (Lipinski definition) is 1. The maximum absolute atomic E-state index is 12.2. The smallest absolute Gasteiger partial charge is 0.323 e. The standard InChI is InChI=1S/C15H19N5O2S/c1-3-20-9-11(22-13-7-5-4-6-12(13)20)8-19(2)15(21)17-14-18-16-10-23-14/h4-7,10-11H,3,8-9H2,1-2H3,(H,17,18,21). The Morgan fingerprint density at radius 3 is 3.09 bits per heavy atom. The fourth-order valence-electron chi connectivity index (χ4n) is 2.58. The van der Waals surface area contributed by atoms with E-state index in [9.17, 15) is 4.79 Å². The number of para-hydroxylation sites is 2. The fraction of sp³-hybridized carbons (Fsp3) is 0.400. The third-order valence-electron chi connectivity index (χ3n) is 3.70. The Kier molecular flexibility index (Phi) is 4.61. The number of anilines is 2. The first-order chi connectivity index (χ1) is 11.2. The molecule has 3 rings (SSSR count). The molecule has 0 aliphatic carbocycles. The van der Waals surface area contributed by atoms with Gasteiger partial charge in [0.15, 0.2) is 0 Å². The van der Waals surface area contributed by atoms with Crippen LogP contribution in [0.4, 0.5) is 15.6 Å². The first-order valence-electron chi connectivity index (χ1n) is 7.46. The quantitative estimate of drug-likeness (QED) is 0.929. The summed E-state index contributed by atoms with van der Waals surface area (Å²) < 4.78 is 6.03. The number of carbonyl (C=O) groups excluding carboxylic acids is 1. The molecule has 0 bridgehead atoms. The molecule has 1 N–H and O–H groups in total. The molecule has 1 aromatic carbocycles. The zero-order valence-electron chi connectivity index (χ0n) is 13.1. The number of amides is 2. The Labute approximate surface area is 138 Å². The van der Waals surface area contributed by atoms with Crippen LogP contribution in [0, 0.1) is 0 Å². The molecule has 0 saturated carbocycles. The summed E-state index contributed by atoms with van der Waals surface area (Å²) in [5.74, 6) is 0.864. The molecule has 23 heavy (non-hydrogen) atoms. The fourth-order valence-corrected chi connectivity index (χ4v) is 3.01. The Morgan fingerprint density at radius 1 is 1.52 bits per heavy atom. The van der Waals surface area contributed by atoms with Gasteiger partial charge in [-0.15, -0.1) is 10.2 Å². The normalized spacial score (nSPS) is 16.4. The van der Waals surface area contributed by atoms with Gasteiger partial charge in [0, 0.05) is 13.6 Å². The summed E-state index contributed by atoms with van der Waals surface area (Å²) in [5, 5.41) is 10.7. The van der Waals surface area contributed by atoms with Crippen LogP contribution in [0.3, 0.4) is 0 Å². The molecule has 122 valence electrons. The van der Waals surface area contributed by atoms with Gasteiger partial charge in [-0.3, -0.25) is 5.32 Å². The van der Waals surface area contributed by atoms with E-state index in [1.807, 2.05) is 18.2 Å². The molecule has 2 aromatic rings. The Bertz CT molecular complexity index is 664. The van der Waals surface area contributed by atoms with Gasteiger partial charge < -0.3 is 14.5 Å². The Hall–Kier alpha value is -2.35. The minimum atomic E-state index is -0.216. The van der Waals surface area contributed by atoms with Crippen LogP contribution in [-0.4, -0.2) is 53.9 Å². The van der Waals surface area contributed by atoms with E-state index in [1.54, 1.807) is 17.5 Å². The highest BCUT2D eigenvalue weighted by Crippen LogP contribution is 2.32. The first kappa shape index (κ1) is 15.5. The summed E-state index contributed by atoms with van der Waals surface area (Å²) in [4.78, 5) is 16.0. The van der Waals surface area contributed by atoms with Crippen molar-refractivity contribution in [3.63, 3.8) is 0 Å². The lowest BCUT2D eigenvalue weighted by Gasteiger charge is -2.37. The van der Waals surface area contributed by atoms with Gasteiger partial charge in [-0.25, -0.2) is 4.79 Å². The number of aromatic nitrogens is 2. The van der Waals surface area contributed by atoms with Crippen LogP contribution in [0.25, 0.3) is 0 Å². The van der Waals surface area contributed by atoms with Crippen LogP contribution in [0.15, 0.2) is 29.8 Å². The Balaban J connectivity index is 1.63. The summed E-state index contributed by atoms with van der Waals surface area (Å²) in [5.41, 5.74) is 2.68. The number of carbonyl (C=O) groups is 1. The summed E-state index contributed by atoms with van der Waals surface area (Å²) in [6, 6.07) is 7.77. The van der Waals surface area contributed by atoms with Crippen molar-refractivity contribution in [1.29, 1.82) is 0 Å². The van der Waals surface area contributed by atoms with Crippen LogP contribution < -0.4 is 15.0 Å². The van der Waals surface area contributed by atoms with Crippen LogP contribution in [0.2, 0.25) is 0 Å². The van der Waals surface area contributed by atoms with Crippen molar-refractivity contribution in [3.8, 4) is 5.75 Å². The van der Waals surface area contributed by atoms with Crippen molar-refractivity contribution < 1.29 is 9.53 Å². The van der Waals surface area contributed by atoms with Crippen LogP contribution >= 0.6 is 11.3 Å². The number of nitrogens with zero attached hydrogens (tertiary/aromatic N) is 4. The minimum Gasteiger partial charge on any atom is -0.485 e. The average Bonchev–Trinajstić information content (AvgIpc) is 3.07. The van der Waals surface area contributed by atoms with Crippen LogP contribution in [0.1, 0.15) is 6.92 Å². The molecule has 8 heteroatoms. The molecular weight excluding hydrogens is 314 g/mol. The molecule has 1 aromatic heterocycles. The molecular formula is C15H19N5O2S. The zero-order chi connectivity index (χ0) is 16.2. The van der Waals surface area contributed by atoms with Gasteiger partial charge in [0.2, 0.25) is 5.13 Å². The summed E-state index contributed by atoms with van der Waals surface area (Å²) in [6.07, 6.45) is -0.0741. The van der Waals surface area contributed by atoms with Gasteiger partial charge in [-0.2, -0.15) is 0 Å². The van der Waals surface area contributed by atoms with Gasteiger partial charge in [0.25, 0.3) is 0 Å². The number of ether oxygens (including phenoxy) is 1. The molecule has 7 nitrogen and oxygen atoms in total. The molecule has 1 aliphatic heterocycles. The highest BCUT2D eigenvalue weighted by atomic mass is 32.1. The Morgan fingerprint density at radius 2 is 2.35 bits per heavy atom. The van der Waals surface area contributed by atoms with Gasteiger partial charge in [-0.05, 0) is 19.1 Å². The lowest BCUT2D eigenvalue weighted by atomic mass is 10.2. The number of fused-ring (bicyclic) bond motifs is 1. The SMILES string of the molecule is CCN1CC(CN(C)C(=O)Nc2nncs2)Oc2ccccc21. The largest absolute Gasteiger partial charge is 0.485 e. The number of nitrogens with one attached hydrogen (secondary N) is 1. The van der Waals surface area contributed by atoms with Crippen molar-refractivity contribution in [2.75, 3.05) is 36.9 Å². The minimum absolute atomic E-state index is 0.0741. The first-order valence-corrected chi connectivity index (χ1v) is 8.34. The number of hydrogen-bond acceptors (Lipinski definition) is 6. The summed E-state index contributed by atoms with van der Waals surface area (Å²) in [7, 11) is 1.75. The second-order valence-corrected chi connectivity index (χ2v) is 6.13. The van der Waals surface area contributed by atoms with Gasteiger partial charge in [0.1, 0.15) is 17.4 Å². The molecule has 1 unspecified atom stereocenters. The van der Waals surface area contributed by atoms with E-state index >= 15 is 0 Å². The van der Waals surface area contributed by atoms with E-state index in [0.717, 1.165) is 24.5 Å². The van der Waals surface area contributed by atoms with Crippen molar-refractivity contribution in [1.82, 2.24) is 15.1 Å². The van der Waals surface area contributed by atoms with E-state index in [-0.39, 0.29) is 12.1 Å². The van der Waals surface area contributed by atoms with E-state index in [0.29, 0.717) is 11.7 Å². The molecule has 0 fully saturated rings. The molecule has 0 spiro atoms. The van der Waals surface area contributed by atoms with Gasteiger partial charge in [0.05, 0.1) is 18.8 Å². The summed E-state index contributed by atoms with van der Waals surface area (Å²) >= 11 is 1.29. The van der Waals surface area contributed by atoms with Crippen molar-refractivity contribution in [3.05, 3.63) is 29.8 Å². The molecule has 0 radical (unpaired) electrons. The summed E-state index contributed by atoms with van der Waals surface area (Å²) in [6.45, 7) is 4.27. The lowest BCUT2D eigenvalue weighted by molar-refractivity contribution is 0.150. The van der Waals surface area contributed by atoms with Crippen molar-refractivity contribution >= 4 is 28.2 Å². The third-order valence-corrected chi connectivity index (χ3v) is 4.31. The average molecular weight is 333 g/mol. The van der Waals surface area contributed by atoms with Gasteiger partial charge >= 0.3 is 6.03 Å². The topological polar surface area (TPSA) is 70.6 Å². The van der Waals surface area contributed by atoms with Crippen molar-refractivity contribution in [2.24, 2.45) is 0 Å². The monoisotopic (exact) mass is 333 g/mol. The van der Waals surface area contributed by atoms with Gasteiger partial charge in [-0.1, -0.05) is 23.5 Å². The number of urea groups is 1. The number of likely N-dealkylation sites (N-methyl/N-ethyl adjacent to an activating group) is 2. The second kappa shape index (κ2) is 6.82. The lowest BCUT2D eigenvalue weighted by Crippen LogP contribution is -2.47. The van der Waals surface area contributed by atoms with E-state index < -0.39 is 0 Å². The maximum Gasteiger partial charge on any atom is 0.323 e. The predicted octanol–water partition coefficient (Wildman–Crippen LogP) is 2.29. The van der Waals surface area contributed by atoms with Crippen LogP contribution in [-0.2, 0) is 0 Å². The maximum atomic E-state index is 12.2. The highest BCUT2D eigenvalue weighted by Gasteiger charge is 2.26. The molecule has 2 heterocycles. The highest BCUT2D eigenvalue weighted by molar-refractivity contribution is 7.13. The van der Waals surface area contributed by atoms with E-state index in [1.165, 1.54) is 11.3 Å². The molecule has 2 amide bonds. The predicted molar refractivity (Wildman–Crippen MR) is 90.3 cm³/mol. The van der Waals surface area contributed by atoms with Crippen molar-refractivity contribution in [2.45, 2.75) is 13.0 Å². The van der Waals surface area contributed by atoms with E-state index in [2.05, 4.69) is 33.4 Å². The molecule has 1 atom stereocenters. The van der Waals surface area contributed by atoms with E-state index in [4.69, 9.17) is 4.74 Å². The second-order valence-electron chi connectivity index (χ2n) is 5.30. The molecule has 0 saturated heterocycles. The van der Waals surface area contributed by atoms with Crippen LogP contribution in [0.5, 0.6) is 5.75 Å². The third kappa shape index (κ3) is 3.53. The number of rotatable bonds is 4. The number of benzene rings is 1. The zero-order valence-corrected chi connectivity index (χ0v) is 13.9.